The van der Waals surface area contributed by atoms with Crippen LogP contribution in [-0.4, -0.2) is 81.5 Å². The molecule has 0 saturated carbocycles. The van der Waals surface area contributed by atoms with Gasteiger partial charge in [-0.3, -0.25) is 4.79 Å². The molecule has 0 unspecified atom stereocenters. The number of carbonyl (C=O) groups excluding carboxylic acids is 2. The van der Waals surface area contributed by atoms with E-state index in [1.54, 1.807) is 48.1 Å². The molecule has 8 nitrogen and oxygen atoms in total. The predicted molar refractivity (Wildman–Crippen MR) is 98.2 cm³/mol. The molecule has 2 rings (SSSR count). The van der Waals surface area contributed by atoms with Gasteiger partial charge in [0, 0.05) is 44.0 Å². The Kier molecular flexibility index (Phi) is 6.84. The summed E-state index contributed by atoms with van der Waals surface area (Å²) in [5, 5.41) is 2.62. The Morgan fingerprint density at radius 3 is 2.42 bits per heavy atom. The third-order valence-electron chi connectivity index (χ3n) is 4.30. The van der Waals surface area contributed by atoms with Crippen LogP contribution in [0.5, 0.6) is 5.75 Å². The van der Waals surface area contributed by atoms with Gasteiger partial charge in [-0.15, -0.1) is 0 Å². The first-order chi connectivity index (χ1) is 12.4. The quantitative estimate of drug-likeness (QED) is 0.776. The summed E-state index contributed by atoms with van der Waals surface area (Å²) in [6, 6.07) is 6.66. The Morgan fingerprint density at radius 1 is 1.15 bits per heavy atom. The summed E-state index contributed by atoms with van der Waals surface area (Å²) in [6.07, 6.45) is 0. The Hall–Kier alpha value is -2.29. The van der Waals surface area contributed by atoms with Gasteiger partial charge in [0.25, 0.3) is 5.91 Å². The normalized spacial score (nSPS) is 14.8. The molecular formula is C17H25N3O5S. The molecule has 0 aromatic heterocycles. The average Bonchev–Trinajstić information content (AvgIpc) is 2.67. The van der Waals surface area contributed by atoms with Crippen molar-refractivity contribution in [3.8, 4) is 5.75 Å². The lowest BCUT2D eigenvalue weighted by atomic mass is 10.1. The fourth-order valence-electron chi connectivity index (χ4n) is 2.62. The van der Waals surface area contributed by atoms with E-state index in [0.717, 1.165) is 0 Å². The molecule has 1 saturated heterocycles. The van der Waals surface area contributed by atoms with Crippen molar-refractivity contribution in [1.82, 2.24) is 15.1 Å². The zero-order valence-electron chi connectivity index (χ0n) is 15.1. The molecule has 1 aromatic rings. The van der Waals surface area contributed by atoms with Gasteiger partial charge in [-0.05, 0) is 18.2 Å². The summed E-state index contributed by atoms with van der Waals surface area (Å²) in [4.78, 5) is 27.9. The fourth-order valence-corrected chi connectivity index (χ4v) is 3.32. The fraction of sp³-hybridized carbons (Fsp3) is 0.529. The van der Waals surface area contributed by atoms with Crippen molar-refractivity contribution in [2.24, 2.45) is 0 Å². The molecule has 1 aliphatic rings. The second-order valence-corrected chi connectivity index (χ2v) is 8.45. The Labute approximate surface area is 154 Å². The highest BCUT2D eigenvalue weighted by atomic mass is 32.2. The van der Waals surface area contributed by atoms with Gasteiger partial charge in [-0.2, -0.15) is 0 Å². The van der Waals surface area contributed by atoms with Gasteiger partial charge in [0.15, 0.2) is 9.84 Å². The number of carbonyl (C=O) groups is 2. The zero-order chi connectivity index (χ0) is 19.2. The van der Waals surface area contributed by atoms with E-state index in [4.69, 9.17) is 4.74 Å². The number of hydrogen-bond donors (Lipinski definition) is 1. The molecule has 0 atom stereocenters. The number of ether oxygens (including phenoxy) is 1. The van der Waals surface area contributed by atoms with Crippen molar-refractivity contribution in [3.05, 3.63) is 29.8 Å². The SMILES string of the molecule is CCS(=O)(=O)CCNC(=O)N1CCN(C(=O)c2cccc(OC)c2)CC1. The smallest absolute Gasteiger partial charge is 0.317 e. The number of urea groups is 1. The van der Waals surface area contributed by atoms with Crippen molar-refractivity contribution in [1.29, 1.82) is 0 Å². The van der Waals surface area contributed by atoms with Gasteiger partial charge in [-0.1, -0.05) is 13.0 Å². The summed E-state index contributed by atoms with van der Waals surface area (Å²) in [6.45, 7) is 3.34. The van der Waals surface area contributed by atoms with E-state index in [2.05, 4.69) is 5.32 Å². The number of nitrogens with one attached hydrogen (secondary N) is 1. The third kappa shape index (κ3) is 5.35. The lowest BCUT2D eigenvalue weighted by Crippen LogP contribution is -2.53. The van der Waals surface area contributed by atoms with Crippen LogP contribution in [0.3, 0.4) is 0 Å². The summed E-state index contributed by atoms with van der Waals surface area (Å²) >= 11 is 0. The second-order valence-electron chi connectivity index (χ2n) is 5.98. The van der Waals surface area contributed by atoms with E-state index < -0.39 is 9.84 Å². The van der Waals surface area contributed by atoms with Crippen LogP contribution in [0.1, 0.15) is 17.3 Å². The molecule has 9 heteroatoms. The number of amides is 3. The Bertz CT molecular complexity index is 743. The number of piperazine rings is 1. The lowest BCUT2D eigenvalue weighted by Gasteiger charge is -2.34. The third-order valence-corrected chi connectivity index (χ3v) is 6.01. The first-order valence-corrected chi connectivity index (χ1v) is 10.3. The molecule has 0 radical (unpaired) electrons. The second kappa shape index (κ2) is 8.88. The predicted octanol–water partition coefficient (Wildman–Crippen LogP) is 0.597. The standard InChI is InChI=1S/C17H25N3O5S/c1-3-26(23,24)12-7-18-17(22)20-10-8-19(9-11-20)16(21)14-5-4-6-15(13-14)25-2/h4-6,13H,3,7-12H2,1-2H3,(H,18,22). The topological polar surface area (TPSA) is 96.0 Å². The molecule has 26 heavy (non-hydrogen) atoms. The Morgan fingerprint density at radius 2 is 1.81 bits per heavy atom. The van der Waals surface area contributed by atoms with E-state index in [-0.39, 0.29) is 30.0 Å². The maximum absolute atomic E-state index is 12.5. The molecule has 144 valence electrons. The number of nitrogens with zero attached hydrogens (tertiary/aromatic N) is 2. The molecule has 0 spiro atoms. The molecule has 1 fully saturated rings. The van der Waals surface area contributed by atoms with Gasteiger partial charge < -0.3 is 19.9 Å². The maximum atomic E-state index is 12.5. The molecule has 1 aromatic carbocycles. The van der Waals surface area contributed by atoms with Gasteiger partial charge in [0.2, 0.25) is 0 Å². The number of sulfone groups is 1. The maximum Gasteiger partial charge on any atom is 0.317 e. The van der Waals surface area contributed by atoms with Crippen molar-refractivity contribution in [2.45, 2.75) is 6.92 Å². The molecule has 0 aliphatic carbocycles. The minimum atomic E-state index is -3.10. The number of hydrogen-bond acceptors (Lipinski definition) is 5. The largest absolute Gasteiger partial charge is 0.497 e. The minimum Gasteiger partial charge on any atom is -0.497 e. The van der Waals surface area contributed by atoms with Crippen molar-refractivity contribution in [3.63, 3.8) is 0 Å². The lowest BCUT2D eigenvalue weighted by molar-refractivity contribution is 0.0665. The van der Waals surface area contributed by atoms with Crippen molar-refractivity contribution >= 4 is 21.8 Å². The zero-order valence-corrected chi connectivity index (χ0v) is 15.9. The molecule has 1 aliphatic heterocycles. The number of methoxy groups -OCH3 is 1. The summed E-state index contributed by atoms with van der Waals surface area (Å²) in [5.74, 6) is 0.520. The summed E-state index contributed by atoms with van der Waals surface area (Å²) < 4.78 is 28.0. The van der Waals surface area contributed by atoms with Crippen molar-refractivity contribution < 1.29 is 22.7 Å². The highest BCUT2D eigenvalue weighted by Crippen LogP contribution is 2.15. The van der Waals surface area contributed by atoms with Crippen molar-refractivity contribution in [2.75, 3.05) is 51.3 Å². The van der Waals surface area contributed by atoms with Crippen LogP contribution < -0.4 is 10.1 Å². The van der Waals surface area contributed by atoms with E-state index in [0.29, 0.717) is 37.5 Å². The van der Waals surface area contributed by atoms with E-state index in [1.165, 1.54) is 0 Å². The summed E-state index contributed by atoms with van der Waals surface area (Å²) in [5.41, 5.74) is 0.548. The van der Waals surface area contributed by atoms with Crippen LogP contribution in [0.15, 0.2) is 24.3 Å². The molecule has 3 amide bonds. The van der Waals surface area contributed by atoms with E-state index in [1.807, 2.05) is 0 Å². The molecular weight excluding hydrogens is 358 g/mol. The van der Waals surface area contributed by atoms with Gasteiger partial charge in [0.1, 0.15) is 5.75 Å². The van der Waals surface area contributed by atoms with Gasteiger partial charge in [0.05, 0.1) is 12.9 Å². The van der Waals surface area contributed by atoms with Gasteiger partial charge in [-0.25, -0.2) is 13.2 Å². The molecule has 1 heterocycles. The van der Waals surface area contributed by atoms with Crippen LogP contribution >= 0.6 is 0 Å². The molecule has 0 bridgehead atoms. The number of rotatable bonds is 6. The number of benzene rings is 1. The van der Waals surface area contributed by atoms with Crippen LogP contribution in [0, 0.1) is 0 Å². The average molecular weight is 383 g/mol. The van der Waals surface area contributed by atoms with Crippen LogP contribution in [0.25, 0.3) is 0 Å². The van der Waals surface area contributed by atoms with E-state index in [9.17, 15) is 18.0 Å². The highest BCUT2D eigenvalue weighted by Gasteiger charge is 2.25. The minimum absolute atomic E-state index is 0.0634. The first kappa shape index (κ1) is 20.0. The monoisotopic (exact) mass is 383 g/mol. The molecule has 1 N–H and O–H groups in total. The van der Waals surface area contributed by atoms with Crippen LogP contribution in [0.2, 0.25) is 0 Å². The van der Waals surface area contributed by atoms with Gasteiger partial charge >= 0.3 is 6.03 Å². The Balaban J connectivity index is 1.82. The highest BCUT2D eigenvalue weighted by molar-refractivity contribution is 7.91. The van der Waals surface area contributed by atoms with Crippen LogP contribution in [0.4, 0.5) is 4.79 Å². The summed E-state index contributed by atoms with van der Waals surface area (Å²) in [7, 11) is -1.55. The first-order valence-electron chi connectivity index (χ1n) is 8.53. The van der Waals surface area contributed by atoms with Crippen LogP contribution in [-0.2, 0) is 9.84 Å². The van der Waals surface area contributed by atoms with E-state index >= 15 is 0 Å².